The van der Waals surface area contributed by atoms with Gasteiger partial charge in [0.05, 0.1) is 30.9 Å². The van der Waals surface area contributed by atoms with E-state index in [-0.39, 0.29) is 35.8 Å². The van der Waals surface area contributed by atoms with Crippen molar-refractivity contribution in [1.29, 1.82) is 0 Å². The van der Waals surface area contributed by atoms with Crippen LogP contribution >= 0.6 is 0 Å². The molecule has 44 heavy (non-hydrogen) atoms. The number of H-pyrrole nitrogens is 1. The van der Waals surface area contributed by atoms with Gasteiger partial charge in [-0.05, 0) is 56.8 Å². The van der Waals surface area contributed by atoms with Gasteiger partial charge in [-0.15, -0.1) is 0 Å². The molecule has 0 saturated carbocycles. The number of carbonyl (C=O) groups excluding carboxylic acids is 3. The maximum absolute atomic E-state index is 14.2. The van der Waals surface area contributed by atoms with Crippen LogP contribution in [0.4, 0.5) is 0 Å². The molecule has 0 aliphatic carbocycles. The van der Waals surface area contributed by atoms with Crippen LogP contribution in [-0.4, -0.2) is 99.6 Å². The van der Waals surface area contributed by atoms with Gasteiger partial charge in [-0.25, -0.2) is 0 Å². The number of aromatic amines is 1. The molecule has 1 aromatic carbocycles. The van der Waals surface area contributed by atoms with Gasteiger partial charge in [0.15, 0.2) is 0 Å². The molecule has 5 atom stereocenters. The number of para-hydroxylation sites is 1. The van der Waals surface area contributed by atoms with E-state index in [0.29, 0.717) is 42.3 Å². The molecule has 0 radical (unpaired) electrons. The molecular weight excluding hydrogens is 560 g/mol. The van der Waals surface area contributed by atoms with Gasteiger partial charge in [-0.1, -0.05) is 18.2 Å². The number of benzene rings is 1. The highest BCUT2D eigenvalue weighted by molar-refractivity contribution is 6.01. The lowest BCUT2D eigenvalue weighted by atomic mass is 10.0. The van der Waals surface area contributed by atoms with Gasteiger partial charge in [-0.3, -0.25) is 29.7 Å². The van der Waals surface area contributed by atoms with Gasteiger partial charge in [-0.2, -0.15) is 0 Å². The lowest BCUT2D eigenvalue weighted by Gasteiger charge is -2.40. The standard InChI is InChI=1S/C32H34N8O4/c1-32(33-2)28(38-29(41)23-13-18-7-4-5-8-21(18)37-23)31(43)40-20-14-24(25(40)16-36-32)39(17-20)30(42)22-11-10-19(15-35-22)27-26(44-3)9-6-12-34-27/h4-13,15,20,24-25,28,33,36-37H,14,16-17H2,1-3H3,(H,38,41). The number of methoxy groups -OCH3 is 1. The first-order valence-corrected chi connectivity index (χ1v) is 14.7. The highest BCUT2D eigenvalue weighted by Gasteiger charge is 2.58. The van der Waals surface area contributed by atoms with Crippen molar-refractivity contribution >= 4 is 28.6 Å². The third kappa shape index (κ3) is 4.49. The zero-order valence-corrected chi connectivity index (χ0v) is 24.7. The first kappa shape index (κ1) is 28.0. The van der Waals surface area contributed by atoms with E-state index >= 15 is 0 Å². The predicted molar refractivity (Wildman–Crippen MR) is 163 cm³/mol. The Kier molecular flexibility index (Phi) is 6.82. The summed E-state index contributed by atoms with van der Waals surface area (Å²) in [7, 11) is 3.35. The number of amides is 3. The summed E-state index contributed by atoms with van der Waals surface area (Å²) in [5.41, 5.74) is 2.05. The molecule has 3 amide bonds. The van der Waals surface area contributed by atoms with Crippen molar-refractivity contribution in [3.63, 3.8) is 0 Å². The Hall–Kier alpha value is -4.81. The number of hydrogen-bond acceptors (Lipinski definition) is 8. The number of pyridine rings is 2. The Morgan fingerprint density at radius 2 is 1.93 bits per heavy atom. The molecule has 3 aliphatic heterocycles. The number of nitrogens with one attached hydrogen (secondary N) is 4. The first-order chi connectivity index (χ1) is 21.3. The van der Waals surface area contributed by atoms with Gasteiger partial charge in [0, 0.05) is 41.9 Å². The molecule has 0 spiro atoms. The van der Waals surface area contributed by atoms with Crippen molar-refractivity contribution in [3.8, 4) is 17.0 Å². The molecule has 7 rings (SSSR count). The summed E-state index contributed by atoms with van der Waals surface area (Å²) in [4.78, 5) is 57.0. The lowest BCUT2D eigenvalue weighted by Crippen LogP contribution is -2.69. The van der Waals surface area contributed by atoms with Crippen LogP contribution in [0.25, 0.3) is 22.2 Å². The molecule has 2 bridgehead atoms. The van der Waals surface area contributed by atoms with E-state index < -0.39 is 11.7 Å². The number of likely N-dealkylation sites (N-methyl/N-ethyl adjacent to an activating group) is 1. The van der Waals surface area contributed by atoms with Crippen molar-refractivity contribution < 1.29 is 19.1 Å². The van der Waals surface area contributed by atoms with Crippen LogP contribution in [0, 0.1) is 0 Å². The Morgan fingerprint density at radius 1 is 1.09 bits per heavy atom. The number of rotatable bonds is 6. The van der Waals surface area contributed by atoms with Crippen LogP contribution in [0.3, 0.4) is 0 Å². The number of piperazine rings is 1. The highest BCUT2D eigenvalue weighted by Crippen LogP contribution is 2.39. The Balaban J connectivity index is 1.10. The minimum atomic E-state index is -0.915. The minimum absolute atomic E-state index is 0.160. The molecule has 4 aromatic rings. The number of carbonyl (C=O) groups is 3. The summed E-state index contributed by atoms with van der Waals surface area (Å²) in [5.74, 6) is -0.0818. The monoisotopic (exact) mass is 594 g/mol. The number of aromatic nitrogens is 3. The zero-order chi connectivity index (χ0) is 30.6. The fraction of sp³-hybridized carbons (Fsp3) is 0.344. The average molecular weight is 595 g/mol. The largest absolute Gasteiger partial charge is 0.494 e. The molecule has 5 unspecified atom stereocenters. The van der Waals surface area contributed by atoms with Crippen molar-refractivity contribution in [2.24, 2.45) is 0 Å². The lowest BCUT2D eigenvalue weighted by molar-refractivity contribution is -0.138. The van der Waals surface area contributed by atoms with E-state index in [1.54, 1.807) is 44.8 Å². The average Bonchev–Trinajstić information content (AvgIpc) is 3.77. The van der Waals surface area contributed by atoms with E-state index in [2.05, 4.69) is 30.9 Å². The summed E-state index contributed by atoms with van der Waals surface area (Å²) < 4.78 is 5.41. The molecule has 6 heterocycles. The Bertz CT molecular complexity index is 1720. The maximum Gasteiger partial charge on any atom is 0.272 e. The van der Waals surface area contributed by atoms with E-state index in [9.17, 15) is 14.4 Å². The summed E-state index contributed by atoms with van der Waals surface area (Å²) in [6, 6.07) is 15.1. The van der Waals surface area contributed by atoms with Gasteiger partial charge < -0.3 is 30.2 Å². The van der Waals surface area contributed by atoms with Crippen LogP contribution in [0.2, 0.25) is 0 Å². The number of hydrogen-bond donors (Lipinski definition) is 4. The molecular formula is C32H34N8O4. The van der Waals surface area contributed by atoms with E-state index in [1.165, 1.54) is 0 Å². The summed E-state index contributed by atoms with van der Waals surface area (Å²) in [6.45, 7) is 2.73. The number of likely N-dealkylation sites (tertiary alicyclic amines) is 1. The molecule has 4 N–H and O–H groups in total. The van der Waals surface area contributed by atoms with Crippen LogP contribution < -0.4 is 20.7 Å². The van der Waals surface area contributed by atoms with Crippen molar-refractivity contribution in [2.75, 3.05) is 27.2 Å². The molecule has 3 saturated heterocycles. The van der Waals surface area contributed by atoms with E-state index in [0.717, 1.165) is 16.5 Å². The molecule has 12 heteroatoms. The molecule has 3 fully saturated rings. The Labute approximate surface area is 254 Å². The zero-order valence-electron chi connectivity index (χ0n) is 24.7. The third-order valence-electron chi connectivity index (χ3n) is 9.35. The van der Waals surface area contributed by atoms with Crippen LogP contribution in [0.1, 0.15) is 34.3 Å². The number of fused-ring (bicyclic) bond motifs is 6. The topological polar surface area (TPSA) is 145 Å². The van der Waals surface area contributed by atoms with Crippen LogP contribution in [0.5, 0.6) is 5.75 Å². The SMILES string of the molecule is CNC1(C)NCC2C3CC(CN3C(=O)c3ccc(-c4ncccc4OC)cn3)N2C(=O)C1NC(=O)c1cc2ccccc2[nH]1. The van der Waals surface area contributed by atoms with E-state index in [1.807, 2.05) is 53.1 Å². The molecule has 12 nitrogen and oxygen atoms in total. The van der Waals surface area contributed by atoms with Gasteiger partial charge in [0.2, 0.25) is 5.91 Å². The number of nitrogens with zero attached hydrogens (tertiary/aromatic N) is 4. The van der Waals surface area contributed by atoms with Gasteiger partial charge in [0.1, 0.15) is 28.9 Å². The normalized spacial score (nSPS) is 26.0. The predicted octanol–water partition coefficient (Wildman–Crippen LogP) is 1.76. The van der Waals surface area contributed by atoms with E-state index in [4.69, 9.17) is 4.74 Å². The molecule has 226 valence electrons. The third-order valence-corrected chi connectivity index (χ3v) is 9.35. The summed E-state index contributed by atoms with van der Waals surface area (Å²) in [6.07, 6.45) is 3.99. The number of ether oxygens (including phenoxy) is 1. The minimum Gasteiger partial charge on any atom is -0.494 e. The second kappa shape index (κ2) is 10.7. The highest BCUT2D eigenvalue weighted by atomic mass is 16.5. The van der Waals surface area contributed by atoms with Crippen molar-refractivity contribution in [3.05, 3.63) is 78.4 Å². The van der Waals surface area contributed by atoms with Crippen molar-refractivity contribution in [2.45, 2.75) is 43.2 Å². The Morgan fingerprint density at radius 3 is 2.68 bits per heavy atom. The fourth-order valence-electron chi connectivity index (χ4n) is 6.91. The van der Waals surface area contributed by atoms with Crippen LogP contribution in [0.15, 0.2) is 67.0 Å². The summed E-state index contributed by atoms with van der Waals surface area (Å²) in [5, 5.41) is 10.6. The second-order valence-electron chi connectivity index (χ2n) is 11.7. The molecule has 3 aliphatic rings. The summed E-state index contributed by atoms with van der Waals surface area (Å²) >= 11 is 0. The smallest absolute Gasteiger partial charge is 0.272 e. The van der Waals surface area contributed by atoms with Crippen molar-refractivity contribution in [1.82, 2.24) is 40.7 Å². The second-order valence-corrected chi connectivity index (χ2v) is 11.7. The fourth-order valence-corrected chi connectivity index (χ4v) is 6.91. The maximum atomic E-state index is 14.2. The van der Waals surface area contributed by atoms with Gasteiger partial charge >= 0.3 is 0 Å². The molecule has 3 aromatic heterocycles. The van der Waals surface area contributed by atoms with Gasteiger partial charge in [0.25, 0.3) is 11.8 Å². The first-order valence-electron chi connectivity index (χ1n) is 14.7. The van der Waals surface area contributed by atoms with Crippen LogP contribution in [-0.2, 0) is 4.79 Å². The quantitative estimate of drug-likeness (QED) is 0.264.